The Balaban J connectivity index is 1.75. The molecular formula is C13H26N2. The molecule has 0 radical (unpaired) electrons. The molecule has 1 saturated heterocycles. The fourth-order valence-corrected chi connectivity index (χ4v) is 3.04. The van der Waals surface area contributed by atoms with Crippen molar-refractivity contribution in [1.82, 2.24) is 10.6 Å². The fourth-order valence-electron chi connectivity index (χ4n) is 3.04. The molecule has 0 aromatic carbocycles. The van der Waals surface area contributed by atoms with Crippen LogP contribution in [0, 0.1) is 5.41 Å². The molecule has 15 heavy (non-hydrogen) atoms. The lowest BCUT2D eigenvalue weighted by Crippen LogP contribution is -2.41. The molecule has 1 aliphatic carbocycles. The van der Waals surface area contributed by atoms with Crippen LogP contribution >= 0.6 is 0 Å². The zero-order chi connectivity index (χ0) is 10.6. The number of hydrogen-bond acceptors (Lipinski definition) is 2. The average Bonchev–Trinajstić information content (AvgIpc) is 2.77. The van der Waals surface area contributed by atoms with Crippen LogP contribution in [0.4, 0.5) is 0 Å². The molecule has 1 atom stereocenters. The molecule has 0 spiro atoms. The lowest BCUT2D eigenvalue weighted by Gasteiger charge is -2.31. The summed E-state index contributed by atoms with van der Waals surface area (Å²) >= 11 is 0. The summed E-state index contributed by atoms with van der Waals surface area (Å²) < 4.78 is 0. The predicted molar refractivity (Wildman–Crippen MR) is 65.1 cm³/mol. The van der Waals surface area contributed by atoms with Gasteiger partial charge in [0.25, 0.3) is 0 Å². The minimum Gasteiger partial charge on any atom is -0.316 e. The minimum absolute atomic E-state index is 0.567. The van der Waals surface area contributed by atoms with Gasteiger partial charge in [-0.1, -0.05) is 26.2 Å². The van der Waals surface area contributed by atoms with Crippen LogP contribution in [0.2, 0.25) is 0 Å². The van der Waals surface area contributed by atoms with Crippen molar-refractivity contribution in [3.05, 3.63) is 0 Å². The first kappa shape index (κ1) is 11.4. The predicted octanol–water partition coefficient (Wildman–Crippen LogP) is 2.30. The van der Waals surface area contributed by atoms with Gasteiger partial charge >= 0.3 is 0 Å². The maximum Gasteiger partial charge on any atom is 0.00673 e. The molecule has 1 saturated carbocycles. The van der Waals surface area contributed by atoms with Gasteiger partial charge in [-0.3, -0.25) is 0 Å². The summed E-state index contributed by atoms with van der Waals surface area (Å²) in [5.74, 6) is 0. The highest BCUT2D eigenvalue weighted by Crippen LogP contribution is 2.29. The molecule has 0 amide bonds. The summed E-state index contributed by atoms with van der Waals surface area (Å²) in [7, 11) is 0. The van der Waals surface area contributed by atoms with Gasteiger partial charge in [-0.05, 0) is 37.6 Å². The van der Waals surface area contributed by atoms with E-state index in [-0.39, 0.29) is 0 Å². The Morgan fingerprint density at radius 1 is 1.27 bits per heavy atom. The summed E-state index contributed by atoms with van der Waals surface area (Å²) in [5, 5.41) is 7.33. The quantitative estimate of drug-likeness (QED) is 0.744. The van der Waals surface area contributed by atoms with E-state index in [0.717, 1.165) is 6.04 Å². The molecule has 2 aliphatic rings. The Kier molecular flexibility index (Phi) is 4.04. The molecule has 2 N–H and O–H groups in total. The van der Waals surface area contributed by atoms with Gasteiger partial charge in [-0.2, -0.15) is 0 Å². The van der Waals surface area contributed by atoms with E-state index in [1.807, 2.05) is 0 Å². The van der Waals surface area contributed by atoms with Gasteiger partial charge in [0, 0.05) is 19.1 Å². The third-order valence-corrected chi connectivity index (χ3v) is 4.45. The third kappa shape index (κ3) is 2.94. The standard InChI is InChI=1S/C13H26N2/c1-2-13(8-9-14-10-13)11-15-12-6-4-3-5-7-12/h12,14-15H,2-11H2,1H3. The van der Waals surface area contributed by atoms with Crippen molar-refractivity contribution in [1.29, 1.82) is 0 Å². The van der Waals surface area contributed by atoms with E-state index in [9.17, 15) is 0 Å². The lowest BCUT2D eigenvalue weighted by atomic mass is 9.83. The van der Waals surface area contributed by atoms with Crippen molar-refractivity contribution >= 4 is 0 Å². The van der Waals surface area contributed by atoms with E-state index in [4.69, 9.17) is 0 Å². The van der Waals surface area contributed by atoms with E-state index in [1.165, 1.54) is 64.6 Å². The Morgan fingerprint density at radius 2 is 2.07 bits per heavy atom. The molecule has 0 aromatic rings. The van der Waals surface area contributed by atoms with Gasteiger partial charge < -0.3 is 10.6 Å². The number of nitrogens with one attached hydrogen (secondary N) is 2. The fraction of sp³-hybridized carbons (Fsp3) is 1.00. The molecule has 0 aromatic heterocycles. The number of rotatable bonds is 4. The van der Waals surface area contributed by atoms with Gasteiger partial charge in [0.05, 0.1) is 0 Å². The first-order valence-corrected chi connectivity index (χ1v) is 6.79. The topological polar surface area (TPSA) is 24.1 Å². The van der Waals surface area contributed by atoms with Crippen molar-refractivity contribution < 1.29 is 0 Å². The Morgan fingerprint density at radius 3 is 2.67 bits per heavy atom. The van der Waals surface area contributed by atoms with Crippen LogP contribution in [0.15, 0.2) is 0 Å². The lowest BCUT2D eigenvalue weighted by molar-refractivity contribution is 0.257. The van der Waals surface area contributed by atoms with Crippen molar-refractivity contribution in [3.8, 4) is 0 Å². The van der Waals surface area contributed by atoms with Gasteiger partial charge in [0.15, 0.2) is 0 Å². The monoisotopic (exact) mass is 210 g/mol. The average molecular weight is 210 g/mol. The maximum atomic E-state index is 3.82. The highest BCUT2D eigenvalue weighted by atomic mass is 15.0. The summed E-state index contributed by atoms with van der Waals surface area (Å²) in [5.41, 5.74) is 0.567. The second kappa shape index (κ2) is 5.31. The molecule has 1 aliphatic heterocycles. The van der Waals surface area contributed by atoms with Crippen molar-refractivity contribution in [3.63, 3.8) is 0 Å². The van der Waals surface area contributed by atoms with Crippen molar-refractivity contribution in [2.45, 2.75) is 57.9 Å². The van der Waals surface area contributed by atoms with E-state index in [2.05, 4.69) is 17.6 Å². The second-order valence-electron chi connectivity index (χ2n) is 5.50. The third-order valence-electron chi connectivity index (χ3n) is 4.45. The summed E-state index contributed by atoms with van der Waals surface area (Å²) in [4.78, 5) is 0. The first-order chi connectivity index (χ1) is 7.35. The van der Waals surface area contributed by atoms with Crippen LogP contribution in [0.5, 0.6) is 0 Å². The largest absolute Gasteiger partial charge is 0.316 e. The minimum atomic E-state index is 0.567. The van der Waals surface area contributed by atoms with Crippen LogP contribution in [-0.4, -0.2) is 25.7 Å². The van der Waals surface area contributed by atoms with E-state index < -0.39 is 0 Å². The molecule has 2 nitrogen and oxygen atoms in total. The molecule has 1 heterocycles. The number of hydrogen-bond donors (Lipinski definition) is 2. The van der Waals surface area contributed by atoms with Gasteiger partial charge in [-0.15, -0.1) is 0 Å². The molecular weight excluding hydrogens is 184 g/mol. The first-order valence-electron chi connectivity index (χ1n) is 6.79. The Labute approximate surface area is 94.2 Å². The molecule has 2 heteroatoms. The normalized spacial score (nSPS) is 33.4. The highest BCUT2D eigenvalue weighted by molar-refractivity contribution is 4.89. The second-order valence-corrected chi connectivity index (χ2v) is 5.50. The molecule has 2 fully saturated rings. The van der Waals surface area contributed by atoms with Crippen LogP contribution in [-0.2, 0) is 0 Å². The summed E-state index contributed by atoms with van der Waals surface area (Å²) in [6.45, 7) is 6.03. The molecule has 1 unspecified atom stereocenters. The van der Waals surface area contributed by atoms with Crippen LogP contribution < -0.4 is 10.6 Å². The van der Waals surface area contributed by atoms with Gasteiger partial charge in [0.2, 0.25) is 0 Å². The SMILES string of the molecule is CCC1(CNC2CCCCC2)CCNC1. The van der Waals surface area contributed by atoms with E-state index in [1.54, 1.807) is 0 Å². The van der Waals surface area contributed by atoms with Gasteiger partial charge in [-0.25, -0.2) is 0 Å². The van der Waals surface area contributed by atoms with E-state index >= 15 is 0 Å². The van der Waals surface area contributed by atoms with Crippen LogP contribution in [0.25, 0.3) is 0 Å². The molecule has 88 valence electrons. The van der Waals surface area contributed by atoms with Crippen molar-refractivity contribution in [2.75, 3.05) is 19.6 Å². The molecule has 0 bridgehead atoms. The Hall–Kier alpha value is -0.0800. The van der Waals surface area contributed by atoms with Crippen LogP contribution in [0.1, 0.15) is 51.9 Å². The van der Waals surface area contributed by atoms with Gasteiger partial charge in [0.1, 0.15) is 0 Å². The maximum absolute atomic E-state index is 3.82. The molecule has 2 rings (SSSR count). The highest BCUT2D eigenvalue weighted by Gasteiger charge is 2.32. The summed E-state index contributed by atoms with van der Waals surface area (Å²) in [6, 6.07) is 0.822. The van der Waals surface area contributed by atoms with Crippen LogP contribution in [0.3, 0.4) is 0 Å². The van der Waals surface area contributed by atoms with E-state index in [0.29, 0.717) is 5.41 Å². The summed E-state index contributed by atoms with van der Waals surface area (Å²) in [6.07, 6.45) is 9.84. The Bertz CT molecular complexity index is 179. The zero-order valence-corrected chi connectivity index (χ0v) is 10.1. The smallest absolute Gasteiger partial charge is 0.00673 e. The van der Waals surface area contributed by atoms with Crippen molar-refractivity contribution in [2.24, 2.45) is 5.41 Å². The zero-order valence-electron chi connectivity index (χ0n) is 10.1.